The lowest BCUT2D eigenvalue weighted by molar-refractivity contribution is -0.128. The molecule has 2 rings (SSSR count). The number of carbonyl (C=O) groups is 3. The molecule has 1 unspecified atom stereocenters. The van der Waals surface area contributed by atoms with E-state index in [0.29, 0.717) is 5.56 Å². The molecule has 2 N–H and O–H groups in total. The molecule has 1 aromatic rings. The average Bonchev–Trinajstić information content (AvgIpc) is 3.06. The van der Waals surface area contributed by atoms with Crippen LogP contribution in [0.15, 0.2) is 29.2 Å². The summed E-state index contributed by atoms with van der Waals surface area (Å²) in [6.45, 7) is 2.68. The highest BCUT2D eigenvalue weighted by Gasteiger charge is 2.33. The second-order valence-electron chi connectivity index (χ2n) is 6.27. The Labute approximate surface area is 147 Å². The molecule has 25 heavy (non-hydrogen) atoms. The summed E-state index contributed by atoms with van der Waals surface area (Å²) in [5, 5.41) is 2.56. The molecule has 0 spiro atoms. The molecule has 0 heterocycles. The van der Waals surface area contributed by atoms with Crippen LogP contribution in [0.3, 0.4) is 0 Å². The molecule has 1 aliphatic rings. The zero-order valence-corrected chi connectivity index (χ0v) is 15.1. The molecule has 1 fully saturated rings. The molecule has 0 aromatic heterocycles. The van der Waals surface area contributed by atoms with Gasteiger partial charge in [0.2, 0.25) is 5.91 Å². The van der Waals surface area contributed by atoms with Crippen molar-refractivity contribution in [2.75, 3.05) is 0 Å². The number of ketones is 1. The fraction of sp³-hybridized carbons (Fsp3) is 0.471. The van der Waals surface area contributed by atoms with Gasteiger partial charge in [-0.3, -0.25) is 14.4 Å². The van der Waals surface area contributed by atoms with Gasteiger partial charge in [0, 0.05) is 12.5 Å². The van der Waals surface area contributed by atoms with Gasteiger partial charge in [0.15, 0.2) is 5.78 Å². The summed E-state index contributed by atoms with van der Waals surface area (Å²) < 4.78 is 26.8. The van der Waals surface area contributed by atoms with Crippen LogP contribution in [0.25, 0.3) is 0 Å². The normalized spacial score (nSPS) is 16.2. The molecule has 1 atom stereocenters. The average molecular weight is 366 g/mol. The maximum Gasteiger partial charge on any atom is 0.264 e. The van der Waals surface area contributed by atoms with Crippen molar-refractivity contribution in [3.05, 3.63) is 29.8 Å². The summed E-state index contributed by atoms with van der Waals surface area (Å²) in [5.74, 6) is -1.37. The molecule has 0 radical (unpaired) electrons. The van der Waals surface area contributed by atoms with E-state index in [2.05, 4.69) is 5.32 Å². The number of sulfonamides is 1. The zero-order valence-electron chi connectivity index (χ0n) is 14.2. The number of amides is 2. The zero-order chi connectivity index (χ0) is 18.6. The summed E-state index contributed by atoms with van der Waals surface area (Å²) in [6, 6.07) is 4.46. The van der Waals surface area contributed by atoms with Gasteiger partial charge in [-0.25, -0.2) is 13.1 Å². The van der Waals surface area contributed by atoms with E-state index in [1.165, 1.54) is 38.1 Å². The SMILES string of the molecule is CC(=O)NC(C(=O)NS(=O)(=O)c1ccc(C(C)=O)cc1)C1CCCC1. The maximum absolute atomic E-state index is 12.5. The molecule has 0 saturated heterocycles. The monoisotopic (exact) mass is 366 g/mol. The first kappa shape index (κ1) is 19.1. The number of Topliss-reactive ketones (excluding diaryl/α,β-unsaturated/α-hetero) is 1. The standard InChI is InChI=1S/C17H22N2O5S/c1-11(20)13-7-9-15(10-8-13)25(23,24)19-17(22)16(18-12(2)21)14-5-3-4-6-14/h7-10,14,16H,3-6H2,1-2H3,(H,18,21)(H,19,22). The van der Waals surface area contributed by atoms with Gasteiger partial charge >= 0.3 is 0 Å². The fourth-order valence-electron chi connectivity index (χ4n) is 3.03. The third-order valence-electron chi connectivity index (χ3n) is 4.32. The van der Waals surface area contributed by atoms with Crippen LogP contribution in [-0.4, -0.2) is 32.1 Å². The van der Waals surface area contributed by atoms with Crippen LogP contribution >= 0.6 is 0 Å². The summed E-state index contributed by atoms with van der Waals surface area (Å²) in [4.78, 5) is 35.0. The lowest BCUT2D eigenvalue weighted by atomic mass is 9.97. The Kier molecular flexibility index (Phi) is 5.94. The second kappa shape index (κ2) is 7.77. The number of nitrogens with one attached hydrogen (secondary N) is 2. The molecule has 1 aromatic carbocycles. The van der Waals surface area contributed by atoms with Crippen molar-refractivity contribution in [1.29, 1.82) is 0 Å². The molecule has 1 aliphatic carbocycles. The van der Waals surface area contributed by atoms with Crippen LogP contribution in [0.1, 0.15) is 49.9 Å². The molecule has 7 nitrogen and oxygen atoms in total. The highest BCUT2D eigenvalue weighted by atomic mass is 32.2. The van der Waals surface area contributed by atoms with Crippen molar-refractivity contribution in [1.82, 2.24) is 10.0 Å². The van der Waals surface area contributed by atoms with Gasteiger partial charge in [-0.1, -0.05) is 25.0 Å². The van der Waals surface area contributed by atoms with E-state index < -0.39 is 22.0 Å². The third kappa shape index (κ3) is 4.88. The molecular weight excluding hydrogens is 344 g/mol. The fourth-order valence-corrected chi connectivity index (χ4v) is 4.03. The first-order valence-electron chi connectivity index (χ1n) is 8.15. The van der Waals surface area contributed by atoms with E-state index in [4.69, 9.17) is 0 Å². The Balaban J connectivity index is 2.17. The molecule has 8 heteroatoms. The summed E-state index contributed by atoms with van der Waals surface area (Å²) in [6.07, 6.45) is 3.44. The van der Waals surface area contributed by atoms with Crippen LogP contribution in [0, 0.1) is 5.92 Å². The maximum atomic E-state index is 12.5. The van der Waals surface area contributed by atoms with Crippen molar-refractivity contribution in [3.8, 4) is 0 Å². The number of benzene rings is 1. The predicted molar refractivity (Wildman–Crippen MR) is 91.3 cm³/mol. The Morgan fingerprint density at radius 1 is 1.04 bits per heavy atom. The van der Waals surface area contributed by atoms with Crippen LogP contribution in [0.2, 0.25) is 0 Å². The van der Waals surface area contributed by atoms with Crippen molar-refractivity contribution in [2.45, 2.75) is 50.5 Å². The van der Waals surface area contributed by atoms with Crippen molar-refractivity contribution in [2.24, 2.45) is 5.92 Å². The van der Waals surface area contributed by atoms with E-state index >= 15 is 0 Å². The Hall–Kier alpha value is -2.22. The van der Waals surface area contributed by atoms with Gasteiger partial charge < -0.3 is 5.32 Å². The Morgan fingerprint density at radius 2 is 1.60 bits per heavy atom. The van der Waals surface area contributed by atoms with E-state index in [1.807, 2.05) is 4.72 Å². The summed E-state index contributed by atoms with van der Waals surface area (Å²) >= 11 is 0. The largest absolute Gasteiger partial charge is 0.344 e. The van der Waals surface area contributed by atoms with Gasteiger partial charge in [-0.05, 0) is 37.8 Å². The minimum atomic E-state index is -4.07. The van der Waals surface area contributed by atoms with E-state index in [-0.39, 0.29) is 22.5 Å². The number of carbonyl (C=O) groups excluding carboxylic acids is 3. The van der Waals surface area contributed by atoms with Crippen LogP contribution in [-0.2, 0) is 19.6 Å². The first-order valence-corrected chi connectivity index (χ1v) is 9.64. The van der Waals surface area contributed by atoms with Gasteiger partial charge in [0.1, 0.15) is 6.04 Å². The highest BCUT2D eigenvalue weighted by molar-refractivity contribution is 7.90. The predicted octanol–water partition coefficient (Wildman–Crippen LogP) is 1.39. The van der Waals surface area contributed by atoms with Gasteiger partial charge in [0.05, 0.1) is 4.90 Å². The second-order valence-corrected chi connectivity index (χ2v) is 7.96. The first-order chi connectivity index (χ1) is 11.7. The smallest absolute Gasteiger partial charge is 0.264 e. The van der Waals surface area contributed by atoms with Crippen LogP contribution in [0.4, 0.5) is 0 Å². The van der Waals surface area contributed by atoms with Crippen molar-refractivity contribution < 1.29 is 22.8 Å². The lowest BCUT2D eigenvalue weighted by Crippen LogP contribution is -2.51. The molecule has 0 aliphatic heterocycles. The molecule has 2 amide bonds. The van der Waals surface area contributed by atoms with E-state index in [1.54, 1.807) is 0 Å². The van der Waals surface area contributed by atoms with Gasteiger partial charge in [-0.2, -0.15) is 0 Å². The third-order valence-corrected chi connectivity index (χ3v) is 5.68. The van der Waals surface area contributed by atoms with Crippen LogP contribution < -0.4 is 10.0 Å². The topological polar surface area (TPSA) is 109 Å². The summed E-state index contributed by atoms with van der Waals surface area (Å²) in [7, 11) is -4.07. The molecule has 1 saturated carbocycles. The lowest BCUT2D eigenvalue weighted by Gasteiger charge is -2.23. The Morgan fingerprint density at radius 3 is 2.08 bits per heavy atom. The van der Waals surface area contributed by atoms with Crippen LogP contribution in [0.5, 0.6) is 0 Å². The number of hydrogen-bond acceptors (Lipinski definition) is 5. The van der Waals surface area contributed by atoms with E-state index in [0.717, 1.165) is 25.7 Å². The number of rotatable bonds is 6. The van der Waals surface area contributed by atoms with Crippen molar-refractivity contribution in [3.63, 3.8) is 0 Å². The highest BCUT2D eigenvalue weighted by Crippen LogP contribution is 2.28. The summed E-state index contributed by atoms with van der Waals surface area (Å²) in [5.41, 5.74) is 0.382. The Bertz CT molecular complexity index is 765. The van der Waals surface area contributed by atoms with Crippen molar-refractivity contribution >= 4 is 27.6 Å². The molecule has 136 valence electrons. The quantitative estimate of drug-likeness (QED) is 0.740. The number of hydrogen-bond donors (Lipinski definition) is 2. The molecular formula is C17H22N2O5S. The van der Waals surface area contributed by atoms with Gasteiger partial charge in [-0.15, -0.1) is 0 Å². The minimum Gasteiger partial charge on any atom is -0.344 e. The molecule has 0 bridgehead atoms. The minimum absolute atomic E-state index is 0.0702. The van der Waals surface area contributed by atoms with E-state index in [9.17, 15) is 22.8 Å². The van der Waals surface area contributed by atoms with Gasteiger partial charge in [0.25, 0.3) is 15.9 Å².